The molecule has 0 radical (unpaired) electrons. The van der Waals surface area contributed by atoms with Crippen molar-refractivity contribution in [1.82, 2.24) is 10.2 Å². The highest BCUT2D eigenvalue weighted by molar-refractivity contribution is 5.88. The SMILES string of the molecule is CCNC(=O)C(Cc1ccccc1)N(Cc1ccccc1F)C(=O)Cc1ccccc1C. The zero-order valence-electron chi connectivity index (χ0n) is 18.6. The highest BCUT2D eigenvalue weighted by atomic mass is 19.1. The molecule has 1 unspecified atom stereocenters. The van der Waals surface area contributed by atoms with Crippen molar-refractivity contribution in [2.24, 2.45) is 0 Å². The lowest BCUT2D eigenvalue weighted by molar-refractivity contribution is -0.140. The van der Waals surface area contributed by atoms with Crippen LogP contribution in [0.3, 0.4) is 0 Å². The van der Waals surface area contributed by atoms with Crippen LogP contribution in [0.25, 0.3) is 0 Å². The first-order valence-electron chi connectivity index (χ1n) is 10.9. The quantitative estimate of drug-likeness (QED) is 0.543. The monoisotopic (exact) mass is 432 g/mol. The number of hydrogen-bond acceptors (Lipinski definition) is 2. The molecule has 1 atom stereocenters. The maximum Gasteiger partial charge on any atom is 0.243 e. The highest BCUT2D eigenvalue weighted by Crippen LogP contribution is 2.19. The summed E-state index contributed by atoms with van der Waals surface area (Å²) >= 11 is 0. The molecule has 0 aromatic heterocycles. The van der Waals surface area contributed by atoms with Crippen LogP contribution in [0.1, 0.15) is 29.2 Å². The van der Waals surface area contributed by atoms with Gasteiger partial charge in [-0.05, 0) is 36.6 Å². The molecule has 2 amide bonds. The lowest BCUT2D eigenvalue weighted by atomic mass is 10.00. The number of aryl methyl sites for hydroxylation is 1. The van der Waals surface area contributed by atoms with E-state index in [0.717, 1.165) is 16.7 Å². The van der Waals surface area contributed by atoms with Crippen LogP contribution in [-0.4, -0.2) is 29.3 Å². The molecule has 1 N–H and O–H groups in total. The minimum absolute atomic E-state index is 0.0199. The van der Waals surface area contributed by atoms with E-state index in [2.05, 4.69) is 5.32 Å². The summed E-state index contributed by atoms with van der Waals surface area (Å²) in [5.41, 5.74) is 3.22. The molecule has 0 fully saturated rings. The van der Waals surface area contributed by atoms with E-state index in [-0.39, 0.29) is 24.8 Å². The first-order valence-corrected chi connectivity index (χ1v) is 10.9. The second-order valence-electron chi connectivity index (χ2n) is 7.82. The first kappa shape index (κ1) is 23.2. The van der Waals surface area contributed by atoms with Gasteiger partial charge < -0.3 is 10.2 Å². The molecule has 0 bridgehead atoms. The van der Waals surface area contributed by atoms with Gasteiger partial charge in [-0.1, -0.05) is 72.8 Å². The van der Waals surface area contributed by atoms with Crippen molar-refractivity contribution in [3.8, 4) is 0 Å². The van der Waals surface area contributed by atoms with Gasteiger partial charge in [0, 0.05) is 25.1 Å². The molecule has 0 aliphatic heterocycles. The fourth-order valence-corrected chi connectivity index (χ4v) is 3.73. The Morgan fingerprint density at radius 2 is 1.53 bits per heavy atom. The average molecular weight is 433 g/mol. The standard InChI is InChI=1S/C27H29FN2O2/c1-3-29-27(32)25(17-21-12-5-4-6-13-21)30(19-23-15-9-10-16-24(23)28)26(31)18-22-14-8-7-11-20(22)2/h4-16,25H,3,17-19H2,1-2H3,(H,29,32). The fraction of sp³-hybridized carbons (Fsp3) is 0.259. The summed E-state index contributed by atoms with van der Waals surface area (Å²) < 4.78 is 14.5. The van der Waals surface area contributed by atoms with E-state index in [0.29, 0.717) is 18.5 Å². The lowest BCUT2D eigenvalue weighted by Crippen LogP contribution is -2.51. The van der Waals surface area contributed by atoms with Gasteiger partial charge in [-0.3, -0.25) is 9.59 Å². The minimum atomic E-state index is -0.756. The van der Waals surface area contributed by atoms with Crippen molar-refractivity contribution in [2.75, 3.05) is 6.54 Å². The number of nitrogens with zero attached hydrogens (tertiary/aromatic N) is 1. The molecule has 4 nitrogen and oxygen atoms in total. The Labute approximate surface area is 189 Å². The Morgan fingerprint density at radius 3 is 2.19 bits per heavy atom. The van der Waals surface area contributed by atoms with Gasteiger partial charge in [-0.15, -0.1) is 0 Å². The van der Waals surface area contributed by atoms with Gasteiger partial charge in [-0.25, -0.2) is 4.39 Å². The number of carbonyl (C=O) groups excluding carboxylic acids is 2. The van der Waals surface area contributed by atoms with Crippen LogP contribution in [0, 0.1) is 12.7 Å². The summed E-state index contributed by atoms with van der Waals surface area (Å²) in [6.45, 7) is 4.26. The van der Waals surface area contributed by atoms with Crippen LogP contribution in [0.2, 0.25) is 0 Å². The molecular weight excluding hydrogens is 403 g/mol. The molecule has 0 spiro atoms. The first-order chi connectivity index (χ1) is 15.5. The second-order valence-corrected chi connectivity index (χ2v) is 7.82. The van der Waals surface area contributed by atoms with Crippen molar-refractivity contribution in [1.29, 1.82) is 0 Å². The summed E-state index contributed by atoms with van der Waals surface area (Å²) in [4.78, 5) is 28.2. The van der Waals surface area contributed by atoms with Gasteiger partial charge in [0.1, 0.15) is 11.9 Å². The number of nitrogens with one attached hydrogen (secondary N) is 1. The van der Waals surface area contributed by atoms with E-state index in [1.165, 1.54) is 11.0 Å². The molecule has 5 heteroatoms. The Morgan fingerprint density at radius 1 is 0.906 bits per heavy atom. The topological polar surface area (TPSA) is 49.4 Å². The fourth-order valence-electron chi connectivity index (χ4n) is 3.73. The third kappa shape index (κ3) is 6.03. The predicted octanol–water partition coefficient (Wildman–Crippen LogP) is 4.45. The third-order valence-corrected chi connectivity index (χ3v) is 5.52. The number of halogens is 1. The van der Waals surface area contributed by atoms with Crippen molar-refractivity contribution in [2.45, 2.75) is 39.3 Å². The predicted molar refractivity (Wildman–Crippen MR) is 124 cm³/mol. The minimum Gasteiger partial charge on any atom is -0.355 e. The zero-order valence-corrected chi connectivity index (χ0v) is 18.6. The van der Waals surface area contributed by atoms with Gasteiger partial charge in [0.15, 0.2) is 0 Å². The molecule has 32 heavy (non-hydrogen) atoms. The number of benzene rings is 3. The van der Waals surface area contributed by atoms with E-state index >= 15 is 0 Å². The largest absolute Gasteiger partial charge is 0.355 e. The number of hydrogen-bond donors (Lipinski definition) is 1. The maximum atomic E-state index is 14.5. The van der Waals surface area contributed by atoms with Crippen LogP contribution in [-0.2, 0) is 29.0 Å². The summed E-state index contributed by atoms with van der Waals surface area (Å²) in [5, 5.41) is 2.85. The molecule has 3 rings (SSSR count). The third-order valence-electron chi connectivity index (χ3n) is 5.52. The number of rotatable bonds is 9. The molecule has 3 aromatic carbocycles. The normalized spacial score (nSPS) is 11.6. The van der Waals surface area contributed by atoms with Crippen molar-refractivity contribution >= 4 is 11.8 Å². The summed E-state index contributed by atoms with van der Waals surface area (Å²) in [7, 11) is 0. The molecule has 0 aliphatic rings. The van der Waals surface area contributed by atoms with Crippen LogP contribution in [0.15, 0.2) is 78.9 Å². The Balaban J connectivity index is 1.98. The number of amides is 2. The molecule has 0 heterocycles. The van der Waals surface area contributed by atoms with Crippen molar-refractivity contribution in [3.05, 3.63) is 107 Å². The Hall–Kier alpha value is -3.47. The van der Waals surface area contributed by atoms with Gasteiger partial charge >= 0.3 is 0 Å². The number of likely N-dealkylation sites (N-methyl/N-ethyl adjacent to an activating group) is 1. The van der Waals surface area contributed by atoms with E-state index < -0.39 is 11.9 Å². The molecule has 3 aromatic rings. The summed E-state index contributed by atoms with van der Waals surface area (Å²) in [6.07, 6.45) is 0.493. The molecule has 0 aliphatic carbocycles. The highest BCUT2D eigenvalue weighted by Gasteiger charge is 2.30. The van der Waals surface area contributed by atoms with Gasteiger partial charge in [0.25, 0.3) is 0 Å². The maximum absolute atomic E-state index is 14.5. The zero-order chi connectivity index (χ0) is 22.9. The molecule has 166 valence electrons. The van der Waals surface area contributed by atoms with E-state index in [4.69, 9.17) is 0 Å². The van der Waals surface area contributed by atoms with Crippen LogP contribution in [0.5, 0.6) is 0 Å². The van der Waals surface area contributed by atoms with Crippen molar-refractivity contribution < 1.29 is 14.0 Å². The van der Waals surface area contributed by atoms with Gasteiger partial charge in [-0.2, -0.15) is 0 Å². The van der Waals surface area contributed by atoms with Crippen LogP contribution >= 0.6 is 0 Å². The van der Waals surface area contributed by atoms with E-state index in [9.17, 15) is 14.0 Å². The summed E-state index contributed by atoms with van der Waals surface area (Å²) in [5.74, 6) is -0.851. The Bertz CT molecular complexity index is 1050. The molecule has 0 saturated carbocycles. The van der Waals surface area contributed by atoms with Crippen molar-refractivity contribution in [3.63, 3.8) is 0 Å². The lowest BCUT2D eigenvalue weighted by Gasteiger charge is -2.32. The Kier molecular flexibility index (Phi) is 8.14. The molecule has 0 saturated heterocycles. The van der Waals surface area contributed by atoms with E-state index in [1.54, 1.807) is 18.2 Å². The molecular formula is C27H29FN2O2. The summed E-state index contributed by atoms with van der Waals surface area (Å²) in [6, 6.07) is 22.9. The van der Waals surface area contributed by atoms with Crippen LogP contribution in [0.4, 0.5) is 4.39 Å². The second kappa shape index (κ2) is 11.2. The number of carbonyl (C=O) groups is 2. The van der Waals surface area contributed by atoms with Gasteiger partial charge in [0.05, 0.1) is 6.42 Å². The van der Waals surface area contributed by atoms with Gasteiger partial charge in [0.2, 0.25) is 11.8 Å². The van der Waals surface area contributed by atoms with E-state index in [1.807, 2.05) is 68.4 Å². The smallest absolute Gasteiger partial charge is 0.243 e. The van der Waals surface area contributed by atoms with Crippen LogP contribution < -0.4 is 5.32 Å². The average Bonchev–Trinajstić information content (AvgIpc) is 2.79.